The summed E-state index contributed by atoms with van der Waals surface area (Å²) in [5, 5.41) is 0. The SMILES string of the molecule is CC.CC.CC.CC.CC.CC.CC.CC.CC.CC.CC.CC.CC.CC.CC.CC.CC.CC.CC(C)(C)C.COC.C[Si](C)(C)C.C[Si](C)(C)O[Si](C)(C)C.c1ccccc1.c1ccccc1.c1ccccc1.c1ccccc1.c1ccccc1.c1ccccc1.c1ccccc1.c1ccccc1.c1ccccc1.c1ccccc1.c1ccccc1. The lowest BCUT2D eigenvalue weighted by Gasteiger charge is -2.27. The van der Waals surface area contributed by atoms with Crippen molar-refractivity contribution in [1.82, 2.24) is 0 Å². The molecule has 0 saturated heterocycles. The first-order valence-electron chi connectivity index (χ1n) is 48.2. The second kappa shape index (κ2) is 212. The van der Waals surface area contributed by atoms with Crippen LogP contribution < -0.4 is 0 Å². The van der Waals surface area contributed by atoms with Crippen LogP contribution in [0.3, 0.4) is 0 Å². The molecule has 0 aliphatic carbocycles. The summed E-state index contributed by atoms with van der Waals surface area (Å²) in [6, 6.07) is 132. The van der Waals surface area contributed by atoms with Gasteiger partial charge < -0.3 is 8.85 Å². The first-order valence-corrected chi connectivity index (χ1v) is 59.0. The number of ether oxygens (including phenoxy) is 1. The Morgan fingerprint density at radius 2 is 0.145 bits per heavy atom. The van der Waals surface area contributed by atoms with Gasteiger partial charge >= 0.3 is 0 Å². The zero-order valence-corrected chi connectivity index (χ0v) is 95.9. The van der Waals surface area contributed by atoms with E-state index in [0.29, 0.717) is 5.41 Å². The van der Waals surface area contributed by atoms with Gasteiger partial charge in [0, 0.05) is 22.3 Å². The van der Waals surface area contributed by atoms with Crippen molar-refractivity contribution in [2.75, 3.05) is 14.2 Å². The van der Waals surface area contributed by atoms with E-state index in [1.54, 1.807) is 14.2 Å². The quantitative estimate of drug-likeness (QED) is 0.161. The van der Waals surface area contributed by atoms with E-state index < -0.39 is 24.7 Å². The van der Waals surface area contributed by atoms with E-state index in [9.17, 15) is 0 Å². The lowest BCUT2D eigenvalue weighted by Crippen LogP contribution is -2.39. The molecule has 0 bridgehead atoms. The molecule has 11 aromatic rings. The maximum absolute atomic E-state index is 5.90. The molecule has 0 atom stereocenters. The van der Waals surface area contributed by atoms with Crippen molar-refractivity contribution in [3.63, 3.8) is 0 Å². The van der Waals surface area contributed by atoms with Crippen molar-refractivity contribution in [2.45, 2.75) is 342 Å². The fourth-order valence-electron chi connectivity index (χ4n) is 5.15. The molecule has 0 aliphatic heterocycles. The number of benzene rings is 11. The van der Waals surface area contributed by atoms with Gasteiger partial charge in [0.25, 0.3) is 0 Å². The predicted octanol–water partition coefficient (Wildman–Crippen LogP) is 44.0. The summed E-state index contributed by atoms with van der Waals surface area (Å²) >= 11 is 0. The predicted molar refractivity (Wildman–Crippen MR) is 610 cm³/mol. The third-order valence-corrected chi connectivity index (χ3v) is 12.8. The molecule has 0 N–H and O–H groups in total. The fraction of sp³-hybridized carbons (Fsp3) is 0.445. The monoisotopic (exact) mass is 1770 g/mol. The number of rotatable bonds is 2. The Morgan fingerprint density at radius 3 is 0.153 bits per heavy atom. The molecule has 2 nitrogen and oxygen atoms in total. The Bertz CT molecular complexity index is 1820. The number of hydrogen-bond acceptors (Lipinski definition) is 2. The van der Waals surface area contributed by atoms with Crippen LogP contribution >= 0.6 is 0 Å². The summed E-state index contributed by atoms with van der Waals surface area (Å²) in [5.41, 5.74) is 0.500. The molecule has 124 heavy (non-hydrogen) atoms. The Balaban J connectivity index is -0.0000000439. The van der Waals surface area contributed by atoms with Gasteiger partial charge in [0.1, 0.15) is 0 Å². The van der Waals surface area contributed by atoms with Crippen molar-refractivity contribution < 1.29 is 8.85 Å². The van der Waals surface area contributed by atoms with Gasteiger partial charge in [-0.2, -0.15) is 0 Å². The molecule has 11 aromatic carbocycles. The average molecular weight is 1770 g/mol. The van der Waals surface area contributed by atoms with Gasteiger partial charge in [-0.15, -0.1) is 0 Å². The summed E-state index contributed by atoms with van der Waals surface area (Å²) in [7, 11) is 0.177. The zero-order valence-electron chi connectivity index (χ0n) is 92.9. The molecule has 0 radical (unpaired) electrons. The normalized spacial score (nSPS) is 7.26. The summed E-state index contributed by atoms with van der Waals surface area (Å²) < 4.78 is 10.2. The molecule has 11 rings (SSSR count). The minimum absolute atomic E-state index is 0.500. The molecule has 0 fully saturated rings. The highest BCUT2D eigenvalue weighted by Gasteiger charge is 2.24. The molecule has 0 saturated carbocycles. The second-order valence-electron chi connectivity index (χ2n) is 23.4. The first kappa shape index (κ1) is 174. The molecule has 0 spiro atoms. The average Bonchev–Trinajstić information content (AvgIpc) is 0.913. The molecule has 0 amide bonds. The van der Waals surface area contributed by atoms with Crippen LogP contribution in [0.25, 0.3) is 0 Å². The summed E-state index contributed by atoms with van der Waals surface area (Å²) in [5.74, 6) is 0. The number of hydrogen-bond donors (Lipinski definition) is 0. The minimum Gasteiger partial charge on any atom is -0.456 e. The first-order chi connectivity index (χ1) is 60.1. The third kappa shape index (κ3) is 355. The van der Waals surface area contributed by atoms with Crippen LogP contribution in [0, 0.1) is 5.41 Å². The third-order valence-electron chi connectivity index (χ3n) is 7.95. The highest BCUT2D eigenvalue weighted by Crippen LogP contribution is 2.12. The minimum atomic E-state index is -1.23. The maximum Gasteiger partial charge on any atom is 0.170 e. The molecular weight excluding hydrogens is 1550 g/mol. The van der Waals surface area contributed by atoms with Crippen LogP contribution in [0.15, 0.2) is 400 Å². The van der Waals surface area contributed by atoms with E-state index in [4.69, 9.17) is 4.12 Å². The van der Waals surface area contributed by atoms with Crippen molar-refractivity contribution in [2.24, 2.45) is 5.41 Å². The summed E-state index contributed by atoms with van der Waals surface area (Å²) in [4.78, 5) is 0. The van der Waals surface area contributed by atoms with Gasteiger partial charge in [0.15, 0.2) is 16.6 Å². The van der Waals surface area contributed by atoms with Crippen LogP contribution in [-0.4, -0.2) is 38.9 Å². The van der Waals surface area contributed by atoms with Gasteiger partial charge in [-0.3, -0.25) is 0 Å². The maximum atomic E-state index is 5.90. The van der Waals surface area contributed by atoms with Crippen LogP contribution in [-0.2, 0) is 8.85 Å². The Labute approximate surface area is 790 Å². The molecule has 0 heterocycles. The highest BCUT2D eigenvalue weighted by molar-refractivity contribution is 6.83. The van der Waals surface area contributed by atoms with Crippen molar-refractivity contribution in [1.29, 1.82) is 0 Å². The van der Waals surface area contributed by atoms with E-state index in [-0.39, 0.29) is 0 Å². The van der Waals surface area contributed by atoms with Crippen LogP contribution in [0.1, 0.15) is 277 Å². The van der Waals surface area contributed by atoms with E-state index in [0.717, 1.165) is 0 Å². The summed E-state index contributed by atoms with van der Waals surface area (Å²) in [6.07, 6.45) is 0. The highest BCUT2D eigenvalue weighted by atomic mass is 28.4. The standard InChI is InChI=1S/C6H18OSi2.11C6H6.C5H12.C4H12Si.C2H6O.18C2H6/c1-8(2,3)7-9(4,5)6;11*1-2-4-6-5-3-1;2*1-5(2,3)4;1-3-2;18*1-2/h1-6H3;11*1-6H;2*1-4H3;1-2H3;18*1-2H3. The van der Waals surface area contributed by atoms with Crippen molar-refractivity contribution >= 4 is 24.7 Å². The fourth-order valence-corrected chi connectivity index (χ4v) is 12.5. The largest absolute Gasteiger partial charge is 0.456 e. The Morgan fingerprint density at radius 1 is 0.121 bits per heavy atom. The summed E-state index contributed by atoms with van der Waals surface area (Å²) in [6.45, 7) is 104. The molecular formula is C119H222O2Si3. The van der Waals surface area contributed by atoms with Crippen molar-refractivity contribution in [3.8, 4) is 0 Å². The smallest absolute Gasteiger partial charge is 0.170 e. The van der Waals surface area contributed by atoms with Gasteiger partial charge in [-0.25, -0.2) is 0 Å². The van der Waals surface area contributed by atoms with Crippen LogP contribution in [0.2, 0.25) is 65.5 Å². The second-order valence-corrected chi connectivity index (χ2v) is 38.7. The van der Waals surface area contributed by atoms with Gasteiger partial charge in [0.05, 0.1) is 0 Å². The lowest BCUT2D eigenvalue weighted by atomic mass is 10.0. The van der Waals surface area contributed by atoms with Gasteiger partial charge in [0.2, 0.25) is 0 Å². The number of methoxy groups -OCH3 is 1. The lowest BCUT2D eigenvalue weighted by molar-refractivity contribution is 0.277. The van der Waals surface area contributed by atoms with Gasteiger partial charge in [-0.1, -0.05) is 704 Å². The van der Waals surface area contributed by atoms with E-state index >= 15 is 0 Å². The molecule has 0 aliphatic rings. The van der Waals surface area contributed by atoms with Crippen LogP contribution in [0.5, 0.6) is 0 Å². The topological polar surface area (TPSA) is 18.5 Å². The van der Waals surface area contributed by atoms with Gasteiger partial charge in [-0.05, 0) is 44.7 Å². The van der Waals surface area contributed by atoms with Crippen LogP contribution in [0.4, 0.5) is 0 Å². The molecule has 0 aromatic heterocycles. The van der Waals surface area contributed by atoms with E-state index in [1.165, 1.54) is 0 Å². The molecule has 722 valence electrons. The Kier molecular flexibility index (Phi) is 297. The zero-order chi connectivity index (χ0) is 102. The van der Waals surface area contributed by atoms with Crippen molar-refractivity contribution in [3.05, 3.63) is 400 Å². The molecule has 0 unspecified atom stereocenters. The Hall–Kier alpha value is -8.01. The van der Waals surface area contributed by atoms with E-state index in [1.807, 2.05) is 650 Å². The van der Waals surface area contributed by atoms with E-state index in [2.05, 4.69) is 97.9 Å². The molecule has 5 heteroatoms.